The Kier molecular flexibility index (Phi) is 4.26. The molecule has 21 heavy (non-hydrogen) atoms. The van der Waals surface area contributed by atoms with Crippen LogP contribution in [0.1, 0.15) is 69.6 Å². The Morgan fingerprint density at radius 2 is 1.95 bits per heavy atom. The molecule has 2 nitrogen and oxygen atoms in total. The maximum absolute atomic E-state index is 11.1. The summed E-state index contributed by atoms with van der Waals surface area (Å²) in [6.07, 6.45) is 7.82. The van der Waals surface area contributed by atoms with Crippen molar-refractivity contribution in [2.75, 3.05) is 6.61 Å². The number of hydrogen-bond donors (Lipinski definition) is 1. The number of fused-ring (bicyclic) bond motifs is 1. The van der Waals surface area contributed by atoms with Gasteiger partial charge in [-0.1, -0.05) is 32.8 Å². The topological polar surface area (TPSA) is 29.5 Å². The lowest BCUT2D eigenvalue weighted by molar-refractivity contribution is 0.0111. The van der Waals surface area contributed by atoms with Gasteiger partial charge in [-0.25, -0.2) is 0 Å². The second-order valence-corrected chi connectivity index (χ2v) is 7.39. The molecule has 1 unspecified atom stereocenters. The summed E-state index contributed by atoms with van der Waals surface area (Å²) in [5.74, 6) is 1.65. The van der Waals surface area contributed by atoms with Gasteiger partial charge in [0.2, 0.25) is 0 Å². The summed E-state index contributed by atoms with van der Waals surface area (Å²) in [5, 5.41) is 11.1. The summed E-state index contributed by atoms with van der Waals surface area (Å²) in [6, 6.07) is 6.33. The van der Waals surface area contributed by atoms with Crippen LogP contribution in [0.5, 0.6) is 5.75 Å². The molecule has 2 aliphatic rings. The Bertz CT molecular complexity index is 486. The van der Waals surface area contributed by atoms with E-state index in [1.165, 1.54) is 31.2 Å². The summed E-state index contributed by atoms with van der Waals surface area (Å²) < 4.78 is 5.69. The van der Waals surface area contributed by atoms with E-state index < -0.39 is 0 Å². The summed E-state index contributed by atoms with van der Waals surface area (Å²) in [7, 11) is 0. The quantitative estimate of drug-likeness (QED) is 0.873. The fraction of sp³-hybridized carbons (Fsp3) is 0.684. The van der Waals surface area contributed by atoms with Crippen LogP contribution >= 0.6 is 0 Å². The smallest absolute Gasteiger partial charge is 0.122 e. The highest BCUT2D eigenvalue weighted by atomic mass is 16.5. The lowest BCUT2D eigenvalue weighted by atomic mass is 9.71. The molecule has 1 saturated carbocycles. The maximum atomic E-state index is 11.1. The van der Waals surface area contributed by atoms with E-state index in [0.29, 0.717) is 5.92 Å². The van der Waals surface area contributed by atoms with Gasteiger partial charge in [-0.05, 0) is 61.3 Å². The largest absolute Gasteiger partial charge is 0.493 e. The van der Waals surface area contributed by atoms with E-state index in [1.54, 1.807) is 0 Å². The molecule has 0 aromatic heterocycles. The van der Waals surface area contributed by atoms with E-state index in [0.717, 1.165) is 37.2 Å². The Morgan fingerprint density at radius 3 is 2.67 bits per heavy atom. The highest BCUT2D eigenvalue weighted by molar-refractivity contribution is 5.39. The van der Waals surface area contributed by atoms with E-state index in [2.05, 4.69) is 32.0 Å². The van der Waals surface area contributed by atoms with Gasteiger partial charge in [0.1, 0.15) is 5.75 Å². The molecule has 1 aliphatic carbocycles. The van der Waals surface area contributed by atoms with Crippen LogP contribution in [-0.2, 0) is 6.42 Å². The van der Waals surface area contributed by atoms with Crippen molar-refractivity contribution in [3.8, 4) is 5.75 Å². The van der Waals surface area contributed by atoms with Gasteiger partial charge in [0.25, 0.3) is 0 Å². The van der Waals surface area contributed by atoms with E-state index in [9.17, 15) is 5.11 Å². The van der Waals surface area contributed by atoms with Crippen LogP contribution in [0.2, 0.25) is 0 Å². The Balaban J connectivity index is 1.87. The van der Waals surface area contributed by atoms with Gasteiger partial charge in [-0.15, -0.1) is 0 Å². The molecule has 1 aromatic carbocycles. The first-order valence-electron chi connectivity index (χ1n) is 8.54. The number of aliphatic hydroxyl groups is 1. The third-order valence-corrected chi connectivity index (χ3v) is 5.24. The summed E-state index contributed by atoms with van der Waals surface area (Å²) in [4.78, 5) is 0. The molecule has 1 fully saturated rings. The number of ether oxygens (including phenoxy) is 1. The zero-order chi connectivity index (χ0) is 14.9. The number of benzene rings is 1. The summed E-state index contributed by atoms with van der Waals surface area (Å²) in [6.45, 7) is 5.37. The zero-order valence-corrected chi connectivity index (χ0v) is 13.4. The average molecular weight is 288 g/mol. The molecular weight excluding hydrogens is 260 g/mol. The van der Waals surface area contributed by atoms with E-state index in [4.69, 9.17) is 4.74 Å². The second-order valence-electron chi connectivity index (χ2n) is 7.39. The average Bonchev–Trinajstić information content (AvgIpc) is 2.95. The van der Waals surface area contributed by atoms with Gasteiger partial charge in [-0.2, -0.15) is 0 Å². The molecule has 1 atom stereocenters. The van der Waals surface area contributed by atoms with Gasteiger partial charge in [0.05, 0.1) is 12.7 Å². The van der Waals surface area contributed by atoms with Crippen molar-refractivity contribution < 1.29 is 9.84 Å². The van der Waals surface area contributed by atoms with Crippen molar-refractivity contribution in [3.05, 3.63) is 29.3 Å². The predicted molar refractivity (Wildman–Crippen MR) is 85.6 cm³/mol. The molecule has 0 amide bonds. The summed E-state index contributed by atoms with van der Waals surface area (Å²) in [5.41, 5.74) is 2.47. The molecule has 1 N–H and O–H groups in total. The standard InChI is InChI=1S/C19H28O2/c1-14(2)13-19(9-3-4-10-19)18(20)16-7-8-17-15(12-16)6-5-11-21-17/h7-8,12,14,18,20H,3-6,9-11,13H2,1-2H3. The lowest BCUT2D eigenvalue weighted by Crippen LogP contribution is -2.28. The van der Waals surface area contributed by atoms with Crippen LogP contribution in [0.4, 0.5) is 0 Å². The molecule has 1 aromatic rings. The third-order valence-electron chi connectivity index (χ3n) is 5.24. The second kappa shape index (κ2) is 6.00. The van der Waals surface area contributed by atoms with Gasteiger partial charge in [0.15, 0.2) is 0 Å². The van der Waals surface area contributed by atoms with Gasteiger partial charge < -0.3 is 9.84 Å². The van der Waals surface area contributed by atoms with Crippen molar-refractivity contribution in [3.63, 3.8) is 0 Å². The molecule has 0 spiro atoms. The van der Waals surface area contributed by atoms with Crippen LogP contribution in [0.3, 0.4) is 0 Å². The van der Waals surface area contributed by atoms with Crippen LogP contribution in [-0.4, -0.2) is 11.7 Å². The Labute approximate surface area is 128 Å². The van der Waals surface area contributed by atoms with E-state index >= 15 is 0 Å². The Morgan fingerprint density at radius 1 is 1.19 bits per heavy atom. The molecule has 0 radical (unpaired) electrons. The van der Waals surface area contributed by atoms with Crippen LogP contribution in [0.15, 0.2) is 18.2 Å². The van der Waals surface area contributed by atoms with Gasteiger partial charge in [0, 0.05) is 5.41 Å². The number of hydrogen-bond acceptors (Lipinski definition) is 2. The first kappa shape index (κ1) is 14.9. The monoisotopic (exact) mass is 288 g/mol. The lowest BCUT2D eigenvalue weighted by Gasteiger charge is -2.36. The zero-order valence-electron chi connectivity index (χ0n) is 13.4. The first-order valence-corrected chi connectivity index (χ1v) is 8.54. The molecule has 1 aliphatic heterocycles. The van der Waals surface area contributed by atoms with E-state index in [1.807, 2.05) is 0 Å². The highest BCUT2D eigenvalue weighted by Crippen LogP contribution is 2.52. The minimum atomic E-state index is -0.324. The van der Waals surface area contributed by atoms with Crippen molar-refractivity contribution in [1.29, 1.82) is 0 Å². The number of aryl methyl sites for hydroxylation is 1. The molecular formula is C19H28O2. The number of aliphatic hydroxyl groups excluding tert-OH is 1. The molecule has 0 bridgehead atoms. The minimum absolute atomic E-state index is 0.0952. The molecule has 116 valence electrons. The third kappa shape index (κ3) is 2.96. The fourth-order valence-electron chi connectivity index (χ4n) is 4.39. The minimum Gasteiger partial charge on any atom is -0.493 e. The number of rotatable bonds is 4. The van der Waals surface area contributed by atoms with Crippen molar-refractivity contribution in [2.24, 2.45) is 11.3 Å². The fourth-order valence-corrected chi connectivity index (χ4v) is 4.39. The van der Waals surface area contributed by atoms with Gasteiger partial charge >= 0.3 is 0 Å². The van der Waals surface area contributed by atoms with Crippen LogP contribution in [0, 0.1) is 11.3 Å². The molecule has 0 saturated heterocycles. The van der Waals surface area contributed by atoms with E-state index in [-0.39, 0.29) is 11.5 Å². The first-order chi connectivity index (χ1) is 10.1. The maximum Gasteiger partial charge on any atom is 0.122 e. The highest BCUT2D eigenvalue weighted by Gasteiger charge is 2.41. The molecule has 2 heteroatoms. The SMILES string of the molecule is CC(C)CC1(C(O)c2ccc3c(c2)CCCO3)CCCC1. The van der Waals surface area contributed by atoms with Crippen molar-refractivity contribution in [2.45, 2.75) is 64.9 Å². The van der Waals surface area contributed by atoms with Crippen molar-refractivity contribution in [1.82, 2.24) is 0 Å². The summed E-state index contributed by atoms with van der Waals surface area (Å²) >= 11 is 0. The molecule has 3 rings (SSSR count). The van der Waals surface area contributed by atoms with Crippen molar-refractivity contribution >= 4 is 0 Å². The predicted octanol–water partition coefficient (Wildman–Crippen LogP) is 4.65. The normalized spacial score (nSPS) is 21.9. The van der Waals surface area contributed by atoms with Gasteiger partial charge in [-0.3, -0.25) is 0 Å². The Hall–Kier alpha value is -1.02. The van der Waals surface area contributed by atoms with Crippen LogP contribution in [0.25, 0.3) is 0 Å². The molecule has 1 heterocycles. The van der Waals surface area contributed by atoms with Crippen LogP contribution < -0.4 is 4.74 Å².